The molecule has 0 atom stereocenters. The number of para-hydroxylation sites is 2. The Hall–Kier alpha value is -7.82. The Morgan fingerprint density at radius 2 is 0.983 bits per heavy atom. The second-order valence-electron chi connectivity index (χ2n) is 15.2. The first-order valence-corrected chi connectivity index (χ1v) is 20.0. The molecule has 0 radical (unpaired) electrons. The van der Waals surface area contributed by atoms with Gasteiger partial charge in [0.2, 0.25) is 0 Å². The molecular formula is C55H35NO3. The molecule has 0 amide bonds. The molecule has 278 valence electrons. The van der Waals surface area contributed by atoms with E-state index in [-0.39, 0.29) is 0 Å². The Morgan fingerprint density at radius 1 is 0.373 bits per heavy atom. The van der Waals surface area contributed by atoms with Crippen LogP contribution in [0, 0.1) is 0 Å². The average Bonchev–Trinajstić information content (AvgIpc) is 3.83. The molecule has 10 aromatic rings. The molecule has 0 bridgehead atoms. The number of hydrogen-bond donors (Lipinski definition) is 0. The lowest BCUT2D eigenvalue weighted by molar-refractivity contribution is 0.360. The zero-order valence-corrected chi connectivity index (χ0v) is 31.9. The molecule has 0 N–H and O–H groups in total. The molecule has 0 fully saturated rings. The minimum absolute atomic E-state index is 0.525. The highest BCUT2D eigenvalue weighted by atomic mass is 16.6. The van der Waals surface area contributed by atoms with Gasteiger partial charge in [-0.1, -0.05) is 146 Å². The normalized spacial score (nSPS) is 13.2. The molecule has 1 aliphatic heterocycles. The van der Waals surface area contributed by atoms with Crippen molar-refractivity contribution in [2.24, 2.45) is 0 Å². The highest BCUT2D eigenvalue weighted by molar-refractivity contribution is 6.06. The molecule has 1 aliphatic carbocycles. The molecule has 12 rings (SSSR count). The third kappa shape index (κ3) is 5.10. The minimum Gasteiger partial charge on any atom is -0.456 e. The van der Waals surface area contributed by atoms with Gasteiger partial charge in [0.1, 0.15) is 11.2 Å². The fourth-order valence-corrected chi connectivity index (χ4v) is 9.42. The molecule has 0 unspecified atom stereocenters. The molecule has 2 aliphatic rings. The maximum absolute atomic E-state index is 6.95. The molecule has 0 saturated carbocycles. The lowest BCUT2D eigenvalue weighted by Crippen LogP contribution is -2.28. The van der Waals surface area contributed by atoms with Crippen LogP contribution in [0.1, 0.15) is 22.3 Å². The smallest absolute Gasteiger partial charge is 0.178 e. The predicted octanol–water partition coefficient (Wildman–Crippen LogP) is 15.0. The number of hydrogen-bond acceptors (Lipinski definition) is 4. The van der Waals surface area contributed by atoms with Crippen LogP contribution in [0.2, 0.25) is 0 Å². The van der Waals surface area contributed by atoms with E-state index >= 15 is 0 Å². The van der Waals surface area contributed by atoms with Gasteiger partial charge < -0.3 is 18.8 Å². The first-order valence-electron chi connectivity index (χ1n) is 20.0. The maximum atomic E-state index is 6.95. The van der Waals surface area contributed by atoms with E-state index in [4.69, 9.17) is 13.9 Å². The first kappa shape index (κ1) is 33.3. The summed E-state index contributed by atoms with van der Waals surface area (Å²) >= 11 is 0. The van der Waals surface area contributed by atoms with Crippen LogP contribution < -0.4 is 14.4 Å². The van der Waals surface area contributed by atoms with Crippen molar-refractivity contribution in [3.63, 3.8) is 0 Å². The predicted molar refractivity (Wildman–Crippen MR) is 238 cm³/mol. The van der Waals surface area contributed by atoms with Gasteiger partial charge in [-0.15, -0.1) is 0 Å². The van der Waals surface area contributed by atoms with E-state index < -0.39 is 5.41 Å². The van der Waals surface area contributed by atoms with Crippen molar-refractivity contribution < 1.29 is 13.9 Å². The summed E-state index contributed by atoms with van der Waals surface area (Å²) in [5.41, 5.74) is 13.5. The summed E-state index contributed by atoms with van der Waals surface area (Å²) in [6.07, 6.45) is 0. The second-order valence-corrected chi connectivity index (χ2v) is 15.2. The number of nitrogens with zero attached hydrogens (tertiary/aromatic N) is 1. The van der Waals surface area contributed by atoms with Crippen LogP contribution in [-0.4, -0.2) is 0 Å². The van der Waals surface area contributed by atoms with E-state index in [9.17, 15) is 0 Å². The average molecular weight is 758 g/mol. The van der Waals surface area contributed by atoms with Gasteiger partial charge >= 0.3 is 0 Å². The van der Waals surface area contributed by atoms with Gasteiger partial charge in [0.05, 0.1) is 11.1 Å². The van der Waals surface area contributed by atoms with E-state index in [0.29, 0.717) is 17.2 Å². The molecule has 9 aromatic carbocycles. The summed E-state index contributed by atoms with van der Waals surface area (Å²) in [5.74, 6) is 2.76. The Balaban J connectivity index is 0.930. The van der Waals surface area contributed by atoms with Gasteiger partial charge in [-0.3, -0.25) is 0 Å². The third-order valence-electron chi connectivity index (χ3n) is 12.0. The van der Waals surface area contributed by atoms with Gasteiger partial charge in [-0.2, -0.15) is 0 Å². The van der Waals surface area contributed by atoms with E-state index in [2.05, 4.69) is 193 Å². The van der Waals surface area contributed by atoms with Crippen LogP contribution in [0.15, 0.2) is 217 Å². The van der Waals surface area contributed by atoms with Crippen molar-refractivity contribution in [1.82, 2.24) is 0 Å². The highest BCUT2D eigenvalue weighted by Crippen LogP contribution is 2.62. The summed E-state index contributed by atoms with van der Waals surface area (Å²) in [5, 5.41) is 2.26. The van der Waals surface area contributed by atoms with E-state index in [1.165, 1.54) is 22.3 Å². The minimum atomic E-state index is -0.525. The van der Waals surface area contributed by atoms with Crippen molar-refractivity contribution in [3.05, 3.63) is 235 Å². The van der Waals surface area contributed by atoms with Crippen LogP contribution in [0.25, 0.3) is 44.2 Å². The van der Waals surface area contributed by atoms with Gasteiger partial charge in [0.15, 0.2) is 23.0 Å². The molecule has 0 saturated heterocycles. The molecule has 2 heterocycles. The number of furan rings is 1. The van der Waals surface area contributed by atoms with Crippen molar-refractivity contribution >= 4 is 39.0 Å². The van der Waals surface area contributed by atoms with Crippen molar-refractivity contribution in [2.75, 3.05) is 4.90 Å². The maximum Gasteiger partial charge on any atom is 0.178 e. The summed E-state index contributed by atoms with van der Waals surface area (Å²) in [4.78, 5) is 2.25. The van der Waals surface area contributed by atoms with Gasteiger partial charge in [-0.25, -0.2) is 0 Å². The topological polar surface area (TPSA) is 34.8 Å². The first-order chi connectivity index (χ1) is 29.2. The van der Waals surface area contributed by atoms with E-state index in [0.717, 1.165) is 67.0 Å². The van der Waals surface area contributed by atoms with Crippen molar-refractivity contribution in [1.29, 1.82) is 0 Å². The molecule has 4 nitrogen and oxygen atoms in total. The lowest BCUT2D eigenvalue weighted by atomic mass is 9.68. The van der Waals surface area contributed by atoms with Crippen LogP contribution in [0.5, 0.6) is 23.0 Å². The third-order valence-corrected chi connectivity index (χ3v) is 12.0. The van der Waals surface area contributed by atoms with E-state index in [1.54, 1.807) is 0 Å². The summed E-state index contributed by atoms with van der Waals surface area (Å²) in [6, 6.07) is 74.6. The van der Waals surface area contributed by atoms with Gasteiger partial charge in [-0.05, 0) is 99.6 Å². The van der Waals surface area contributed by atoms with Gasteiger partial charge in [0, 0.05) is 33.8 Å². The quantitative estimate of drug-likeness (QED) is 0.169. The SMILES string of the molecule is c1ccc(N(c2ccc(-c3ccc4c(c3)oc3ccccc34)cc2)c2ccc3c(c2)Oc2ccc4c(c2O3)-c2ccccc2C4(c2ccccc2)c2ccccc2)cc1. The fraction of sp³-hybridized carbons (Fsp3) is 0.0182. The number of benzene rings is 9. The van der Waals surface area contributed by atoms with E-state index in [1.807, 2.05) is 24.3 Å². The monoisotopic (exact) mass is 757 g/mol. The largest absolute Gasteiger partial charge is 0.456 e. The number of fused-ring (bicyclic) bond motifs is 9. The Kier molecular flexibility index (Phi) is 7.41. The van der Waals surface area contributed by atoms with Crippen LogP contribution in [0.4, 0.5) is 17.1 Å². The molecular weight excluding hydrogens is 723 g/mol. The standard InChI is InChI=1S/C55H35NO3/c1-4-14-38(15-5-1)55(39-16-6-2-7-17-39)46-22-12-10-21-45(46)53-47(55)31-33-50-54(53)59-49-32-29-42(35-52(49)58-50)56(40-18-8-3-9-19-40)41-27-24-36(25-28-41)37-26-30-44-43-20-11-13-23-48(43)57-51(44)34-37/h1-35H. The molecule has 0 spiro atoms. The van der Waals surface area contributed by atoms with Crippen LogP contribution in [0.3, 0.4) is 0 Å². The van der Waals surface area contributed by atoms with Crippen molar-refractivity contribution in [3.8, 4) is 45.3 Å². The Labute approximate surface area is 341 Å². The van der Waals surface area contributed by atoms with Crippen LogP contribution >= 0.6 is 0 Å². The highest BCUT2D eigenvalue weighted by Gasteiger charge is 2.48. The number of ether oxygens (including phenoxy) is 2. The fourth-order valence-electron chi connectivity index (χ4n) is 9.42. The number of rotatable bonds is 6. The summed E-state index contributed by atoms with van der Waals surface area (Å²) in [7, 11) is 0. The zero-order chi connectivity index (χ0) is 38.9. The summed E-state index contributed by atoms with van der Waals surface area (Å²) < 4.78 is 20.0. The van der Waals surface area contributed by atoms with Gasteiger partial charge in [0.25, 0.3) is 0 Å². The molecule has 59 heavy (non-hydrogen) atoms. The second kappa shape index (κ2) is 13.1. The Morgan fingerprint density at radius 3 is 1.76 bits per heavy atom. The summed E-state index contributed by atoms with van der Waals surface area (Å²) in [6.45, 7) is 0. The Bertz CT molecular complexity index is 3170. The lowest BCUT2D eigenvalue weighted by Gasteiger charge is -2.34. The number of anilines is 3. The molecule has 4 heteroatoms. The van der Waals surface area contributed by atoms with Crippen molar-refractivity contribution in [2.45, 2.75) is 5.41 Å². The zero-order valence-electron chi connectivity index (χ0n) is 31.9. The molecule has 1 aromatic heterocycles. The van der Waals surface area contributed by atoms with Crippen LogP contribution in [-0.2, 0) is 5.41 Å².